The summed E-state index contributed by atoms with van der Waals surface area (Å²) in [6.45, 7) is 5.97. The van der Waals surface area contributed by atoms with Gasteiger partial charge in [0.15, 0.2) is 4.77 Å². The molecule has 1 saturated heterocycles. The van der Waals surface area contributed by atoms with Crippen LogP contribution in [-0.2, 0) is 13.1 Å². The lowest BCUT2D eigenvalue weighted by Crippen LogP contribution is -2.32. The molecule has 29 heavy (non-hydrogen) atoms. The van der Waals surface area contributed by atoms with Gasteiger partial charge in [-0.1, -0.05) is 31.2 Å². The van der Waals surface area contributed by atoms with E-state index < -0.39 is 5.82 Å². The third-order valence-electron chi connectivity index (χ3n) is 5.59. The van der Waals surface area contributed by atoms with E-state index in [0.29, 0.717) is 22.3 Å². The highest BCUT2D eigenvalue weighted by Gasteiger charge is 2.16. The van der Waals surface area contributed by atoms with Gasteiger partial charge in [0.2, 0.25) is 0 Å². The van der Waals surface area contributed by atoms with Crippen LogP contribution in [0.1, 0.15) is 41.3 Å². The highest BCUT2D eigenvalue weighted by Crippen LogP contribution is 2.19. The minimum absolute atomic E-state index is 0.239. The number of nitrogens with zero attached hydrogens (tertiary/aromatic N) is 1. The number of carbonyl (C=O) groups is 1. The van der Waals surface area contributed by atoms with Crippen LogP contribution < -0.4 is 5.32 Å². The number of halogens is 1. The monoisotopic (exact) mass is 412 g/mol. The van der Waals surface area contributed by atoms with Crippen molar-refractivity contribution in [3.8, 4) is 0 Å². The highest BCUT2D eigenvalue weighted by molar-refractivity contribution is 7.71. The average Bonchev–Trinajstić information content (AvgIpc) is 3.08. The summed E-state index contributed by atoms with van der Waals surface area (Å²) in [7, 11) is 0. The smallest absolute Gasteiger partial charge is 0.253 e. The van der Waals surface area contributed by atoms with Crippen LogP contribution in [0.2, 0.25) is 0 Å². The number of carbonyl (C=O) groups excluding carboxylic acids is 1. The summed E-state index contributed by atoms with van der Waals surface area (Å²) in [5.41, 5.74) is 3.52. The Labute approximate surface area is 174 Å². The topological polar surface area (TPSA) is 63.9 Å². The van der Waals surface area contributed by atoms with Crippen LogP contribution in [0.4, 0.5) is 4.39 Å². The number of benzene rings is 2. The molecule has 1 aliphatic rings. The Bertz CT molecular complexity index is 1060. The fourth-order valence-corrected chi connectivity index (χ4v) is 4.02. The normalized spacial score (nSPS) is 15.7. The second-order valence-electron chi connectivity index (χ2n) is 7.91. The van der Waals surface area contributed by atoms with Crippen molar-refractivity contribution in [2.75, 3.05) is 13.1 Å². The molecule has 7 heteroatoms. The van der Waals surface area contributed by atoms with Crippen molar-refractivity contribution in [2.45, 2.75) is 32.9 Å². The molecular formula is C22H25FN4OS. The number of amides is 1. The van der Waals surface area contributed by atoms with E-state index in [1.807, 2.05) is 12.1 Å². The van der Waals surface area contributed by atoms with E-state index in [0.717, 1.165) is 31.1 Å². The molecule has 0 spiro atoms. The lowest BCUT2D eigenvalue weighted by Gasteiger charge is -2.30. The minimum atomic E-state index is -0.482. The number of rotatable bonds is 5. The second-order valence-corrected chi connectivity index (χ2v) is 8.32. The fraction of sp³-hybridized carbons (Fsp3) is 0.364. The van der Waals surface area contributed by atoms with E-state index in [-0.39, 0.29) is 11.5 Å². The average molecular weight is 413 g/mol. The number of nitrogens with one attached hydrogen (secondary N) is 3. The summed E-state index contributed by atoms with van der Waals surface area (Å²) in [6.07, 6.45) is 2.53. The summed E-state index contributed by atoms with van der Waals surface area (Å²) < 4.78 is 14.2. The molecule has 1 aliphatic heterocycles. The Morgan fingerprint density at radius 2 is 1.86 bits per heavy atom. The lowest BCUT2D eigenvalue weighted by molar-refractivity contribution is 0.0952. The zero-order chi connectivity index (χ0) is 20.4. The number of piperidine rings is 1. The number of fused-ring (bicyclic) bond motifs is 1. The quantitative estimate of drug-likeness (QED) is 0.540. The molecule has 0 unspecified atom stereocenters. The van der Waals surface area contributed by atoms with Crippen LogP contribution in [0.25, 0.3) is 11.0 Å². The first-order chi connectivity index (χ1) is 14.0. The van der Waals surface area contributed by atoms with Crippen molar-refractivity contribution in [3.63, 3.8) is 0 Å². The highest BCUT2D eigenvalue weighted by atomic mass is 32.1. The van der Waals surface area contributed by atoms with Crippen molar-refractivity contribution < 1.29 is 9.18 Å². The largest absolute Gasteiger partial charge is 0.348 e. The third kappa shape index (κ3) is 4.74. The molecule has 1 amide bonds. The SMILES string of the molecule is CC1CCN(Cc2ccc(CNC(=O)c3cc(F)cc4[nH]c(=S)[nH]c34)cc2)CC1. The van der Waals surface area contributed by atoms with Crippen molar-refractivity contribution in [2.24, 2.45) is 5.92 Å². The Morgan fingerprint density at radius 3 is 2.59 bits per heavy atom. The molecule has 3 N–H and O–H groups in total. The van der Waals surface area contributed by atoms with Crippen LogP contribution in [0.15, 0.2) is 36.4 Å². The summed E-state index contributed by atoms with van der Waals surface area (Å²) >= 11 is 5.05. The van der Waals surface area contributed by atoms with Crippen molar-refractivity contribution in [3.05, 3.63) is 63.7 Å². The molecule has 0 radical (unpaired) electrons. The fourth-order valence-electron chi connectivity index (χ4n) is 3.80. The van der Waals surface area contributed by atoms with Gasteiger partial charge in [-0.15, -0.1) is 0 Å². The van der Waals surface area contributed by atoms with Crippen LogP contribution >= 0.6 is 12.2 Å². The number of imidazole rings is 1. The van der Waals surface area contributed by atoms with Crippen molar-refractivity contribution in [1.82, 2.24) is 20.2 Å². The molecule has 0 saturated carbocycles. The number of hydrogen-bond acceptors (Lipinski definition) is 3. The van der Waals surface area contributed by atoms with Crippen molar-refractivity contribution in [1.29, 1.82) is 0 Å². The Kier molecular flexibility index (Phi) is 5.78. The molecular weight excluding hydrogens is 387 g/mol. The number of H-pyrrole nitrogens is 2. The van der Waals surface area contributed by atoms with Gasteiger partial charge in [-0.25, -0.2) is 4.39 Å². The molecule has 4 rings (SSSR count). The van der Waals surface area contributed by atoms with E-state index in [1.165, 1.54) is 30.5 Å². The number of aromatic nitrogens is 2. The summed E-state index contributed by atoms with van der Waals surface area (Å²) in [6, 6.07) is 10.8. The van der Waals surface area contributed by atoms with E-state index in [2.05, 4.69) is 39.2 Å². The standard InChI is InChI=1S/C22H25FN4OS/c1-14-6-8-27(9-7-14)13-16-4-2-15(3-5-16)12-24-21(28)18-10-17(23)11-19-20(18)26-22(29)25-19/h2-5,10-11,14H,6-9,12-13H2,1H3,(H,24,28)(H2,25,26,29). The Balaban J connectivity index is 1.38. The predicted octanol–water partition coefficient (Wildman–Crippen LogP) is 4.53. The van der Waals surface area contributed by atoms with Crippen LogP contribution in [0, 0.1) is 16.5 Å². The van der Waals surface area contributed by atoms with Gasteiger partial charge in [-0.05, 0) is 67.3 Å². The van der Waals surface area contributed by atoms with Gasteiger partial charge in [-0.3, -0.25) is 9.69 Å². The molecule has 0 atom stereocenters. The molecule has 2 aromatic carbocycles. The molecule has 1 fully saturated rings. The van der Waals surface area contributed by atoms with Crippen LogP contribution in [-0.4, -0.2) is 33.9 Å². The van der Waals surface area contributed by atoms with Crippen LogP contribution in [0.3, 0.4) is 0 Å². The van der Waals surface area contributed by atoms with Gasteiger partial charge in [0.05, 0.1) is 16.6 Å². The van der Waals surface area contributed by atoms with Gasteiger partial charge in [0.25, 0.3) is 5.91 Å². The van der Waals surface area contributed by atoms with Gasteiger partial charge in [0, 0.05) is 13.1 Å². The molecule has 5 nitrogen and oxygen atoms in total. The van der Waals surface area contributed by atoms with Gasteiger partial charge in [0.1, 0.15) is 5.82 Å². The summed E-state index contributed by atoms with van der Waals surface area (Å²) in [4.78, 5) is 20.8. The summed E-state index contributed by atoms with van der Waals surface area (Å²) in [5, 5.41) is 2.87. The van der Waals surface area contributed by atoms with Gasteiger partial charge < -0.3 is 15.3 Å². The van der Waals surface area contributed by atoms with E-state index in [4.69, 9.17) is 12.2 Å². The molecule has 152 valence electrons. The number of likely N-dealkylation sites (tertiary alicyclic amines) is 1. The zero-order valence-electron chi connectivity index (χ0n) is 16.4. The first kappa shape index (κ1) is 19.8. The van der Waals surface area contributed by atoms with Crippen LogP contribution in [0.5, 0.6) is 0 Å². The van der Waals surface area contributed by atoms with Crippen molar-refractivity contribution >= 4 is 29.2 Å². The predicted molar refractivity (Wildman–Crippen MR) is 115 cm³/mol. The zero-order valence-corrected chi connectivity index (χ0v) is 17.2. The van der Waals surface area contributed by atoms with E-state index in [9.17, 15) is 9.18 Å². The third-order valence-corrected chi connectivity index (χ3v) is 5.80. The molecule has 0 bridgehead atoms. The molecule has 2 heterocycles. The van der Waals surface area contributed by atoms with Gasteiger partial charge >= 0.3 is 0 Å². The first-order valence-corrected chi connectivity index (χ1v) is 10.4. The Hall–Kier alpha value is -2.51. The van der Waals surface area contributed by atoms with E-state index in [1.54, 1.807) is 0 Å². The molecule has 0 aliphatic carbocycles. The number of aromatic amines is 2. The van der Waals surface area contributed by atoms with Gasteiger partial charge in [-0.2, -0.15) is 0 Å². The minimum Gasteiger partial charge on any atom is -0.348 e. The lowest BCUT2D eigenvalue weighted by atomic mass is 9.99. The number of hydrogen-bond donors (Lipinski definition) is 3. The first-order valence-electron chi connectivity index (χ1n) is 9.98. The van der Waals surface area contributed by atoms with E-state index >= 15 is 0 Å². The second kappa shape index (κ2) is 8.47. The molecule has 1 aromatic heterocycles. The summed E-state index contributed by atoms with van der Waals surface area (Å²) in [5.74, 6) is 0.00809. The maximum absolute atomic E-state index is 13.8. The maximum atomic E-state index is 13.8. The Morgan fingerprint density at radius 1 is 1.17 bits per heavy atom. The molecule has 3 aromatic rings. The maximum Gasteiger partial charge on any atom is 0.253 e.